The summed E-state index contributed by atoms with van der Waals surface area (Å²) in [6.07, 6.45) is 3.28. The third-order valence-electron chi connectivity index (χ3n) is 3.24. The van der Waals surface area contributed by atoms with Gasteiger partial charge in [-0.15, -0.1) is 0 Å². The topological polar surface area (TPSA) is 98.0 Å². The maximum absolute atomic E-state index is 12.5. The Morgan fingerprint density at radius 1 is 1.08 bits per heavy atom. The SMILES string of the molecule is O=C(Nc1ccnc(Sc2ccccn2)c1)c1cc([N+](=O)[O-])ccc1I. The minimum absolute atomic E-state index is 0.128. The highest BCUT2D eigenvalue weighted by molar-refractivity contribution is 14.1. The van der Waals surface area contributed by atoms with E-state index in [1.807, 2.05) is 40.8 Å². The van der Waals surface area contributed by atoms with Crippen molar-refractivity contribution in [1.29, 1.82) is 0 Å². The average Bonchev–Trinajstić information content (AvgIpc) is 2.63. The number of aromatic nitrogens is 2. The molecule has 9 heteroatoms. The van der Waals surface area contributed by atoms with Crippen molar-refractivity contribution in [3.8, 4) is 0 Å². The summed E-state index contributed by atoms with van der Waals surface area (Å²) in [5, 5.41) is 15.1. The number of halogens is 1. The van der Waals surface area contributed by atoms with Gasteiger partial charge in [0, 0.05) is 33.8 Å². The molecule has 1 amide bonds. The highest BCUT2D eigenvalue weighted by atomic mass is 127. The number of anilines is 1. The van der Waals surface area contributed by atoms with Gasteiger partial charge in [-0.3, -0.25) is 14.9 Å². The second-order valence-corrected chi connectivity index (χ2v) is 7.23. The van der Waals surface area contributed by atoms with Gasteiger partial charge in [-0.2, -0.15) is 0 Å². The Bertz CT molecular complexity index is 969. The summed E-state index contributed by atoms with van der Waals surface area (Å²) in [6, 6.07) is 13.1. The number of carbonyl (C=O) groups excluding carboxylic acids is 1. The van der Waals surface area contributed by atoms with Gasteiger partial charge in [-0.1, -0.05) is 17.8 Å². The molecule has 0 spiro atoms. The molecule has 3 aromatic rings. The molecule has 130 valence electrons. The summed E-state index contributed by atoms with van der Waals surface area (Å²) in [4.78, 5) is 31.4. The molecule has 0 radical (unpaired) electrons. The lowest BCUT2D eigenvalue weighted by Crippen LogP contribution is -2.14. The largest absolute Gasteiger partial charge is 0.322 e. The lowest BCUT2D eigenvalue weighted by Gasteiger charge is -2.08. The Balaban J connectivity index is 1.79. The number of nitro benzene ring substituents is 1. The zero-order chi connectivity index (χ0) is 18.5. The molecular weight excluding hydrogens is 467 g/mol. The number of nitrogens with one attached hydrogen (secondary N) is 1. The Kier molecular flexibility index (Phi) is 5.78. The molecule has 3 rings (SSSR count). The third kappa shape index (κ3) is 4.55. The molecule has 0 aliphatic heterocycles. The summed E-state index contributed by atoms with van der Waals surface area (Å²) in [5.74, 6) is -0.418. The summed E-state index contributed by atoms with van der Waals surface area (Å²) in [7, 11) is 0. The number of pyridine rings is 2. The molecule has 0 saturated heterocycles. The van der Waals surface area contributed by atoms with E-state index < -0.39 is 10.8 Å². The molecule has 0 unspecified atom stereocenters. The maximum Gasteiger partial charge on any atom is 0.270 e. The number of nitro groups is 1. The molecule has 0 fully saturated rings. The van der Waals surface area contributed by atoms with E-state index in [1.165, 1.54) is 23.9 Å². The number of benzene rings is 1. The minimum Gasteiger partial charge on any atom is -0.322 e. The van der Waals surface area contributed by atoms with Crippen LogP contribution in [0.15, 0.2) is 71.0 Å². The summed E-state index contributed by atoms with van der Waals surface area (Å²) in [6.45, 7) is 0. The third-order valence-corrected chi connectivity index (χ3v) is 5.07. The van der Waals surface area contributed by atoms with Crippen molar-refractivity contribution < 1.29 is 9.72 Å². The van der Waals surface area contributed by atoms with E-state index in [0.29, 0.717) is 14.3 Å². The highest BCUT2D eigenvalue weighted by Gasteiger charge is 2.16. The van der Waals surface area contributed by atoms with Gasteiger partial charge in [0.1, 0.15) is 10.1 Å². The highest BCUT2D eigenvalue weighted by Crippen LogP contribution is 2.26. The van der Waals surface area contributed by atoms with E-state index in [4.69, 9.17) is 0 Å². The van der Waals surface area contributed by atoms with Crippen molar-refractivity contribution in [1.82, 2.24) is 9.97 Å². The summed E-state index contributed by atoms with van der Waals surface area (Å²) in [5.41, 5.74) is 0.665. The van der Waals surface area contributed by atoms with Crippen molar-refractivity contribution in [2.75, 3.05) is 5.32 Å². The van der Waals surface area contributed by atoms with Crippen LogP contribution in [0.25, 0.3) is 0 Å². The molecular formula is C17H11IN4O3S. The quantitative estimate of drug-likeness (QED) is 0.332. The predicted octanol–water partition coefficient (Wildman–Crippen LogP) is 4.39. The van der Waals surface area contributed by atoms with Gasteiger partial charge in [-0.05, 0) is 52.9 Å². The Morgan fingerprint density at radius 2 is 1.88 bits per heavy atom. The van der Waals surface area contributed by atoms with Gasteiger partial charge < -0.3 is 5.32 Å². The van der Waals surface area contributed by atoms with Crippen LogP contribution in [0.5, 0.6) is 0 Å². The first-order valence-corrected chi connectivity index (χ1v) is 9.23. The predicted molar refractivity (Wildman–Crippen MR) is 106 cm³/mol. The number of rotatable bonds is 5. The zero-order valence-corrected chi connectivity index (χ0v) is 16.1. The Hall–Kier alpha value is -2.53. The fraction of sp³-hybridized carbons (Fsp3) is 0. The van der Waals surface area contributed by atoms with Crippen molar-refractivity contribution >= 4 is 51.6 Å². The normalized spacial score (nSPS) is 10.3. The van der Waals surface area contributed by atoms with Gasteiger partial charge >= 0.3 is 0 Å². The van der Waals surface area contributed by atoms with Gasteiger partial charge in [0.05, 0.1) is 10.5 Å². The molecule has 1 aromatic carbocycles. The molecule has 0 aliphatic rings. The monoisotopic (exact) mass is 478 g/mol. The molecule has 26 heavy (non-hydrogen) atoms. The second-order valence-electron chi connectivity index (χ2n) is 5.03. The lowest BCUT2D eigenvalue weighted by molar-refractivity contribution is -0.384. The van der Waals surface area contributed by atoms with Crippen LogP contribution in [0.2, 0.25) is 0 Å². The number of nitrogens with zero attached hydrogens (tertiary/aromatic N) is 3. The van der Waals surface area contributed by atoms with Crippen LogP contribution in [-0.2, 0) is 0 Å². The molecule has 2 aromatic heterocycles. The maximum atomic E-state index is 12.5. The van der Waals surface area contributed by atoms with Crippen molar-refractivity contribution in [2.45, 2.75) is 10.1 Å². The van der Waals surface area contributed by atoms with Crippen LogP contribution < -0.4 is 5.32 Å². The molecule has 0 bridgehead atoms. The smallest absolute Gasteiger partial charge is 0.270 e. The molecule has 2 heterocycles. The van der Waals surface area contributed by atoms with Crippen molar-refractivity contribution in [2.24, 2.45) is 0 Å². The number of hydrogen-bond acceptors (Lipinski definition) is 6. The first-order chi connectivity index (χ1) is 12.5. The van der Waals surface area contributed by atoms with Gasteiger partial charge in [0.2, 0.25) is 0 Å². The molecule has 0 aliphatic carbocycles. The Labute approximate surface area is 166 Å². The van der Waals surface area contributed by atoms with E-state index in [1.54, 1.807) is 30.6 Å². The molecule has 0 atom stereocenters. The number of amides is 1. The average molecular weight is 478 g/mol. The minimum atomic E-state index is -0.527. The fourth-order valence-corrected chi connectivity index (χ4v) is 3.41. The van der Waals surface area contributed by atoms with Crippen molar-refractivity contribution in [3.63, 3.8) is 0 Å². The van der Waals surface area contributed by atoms with Gasteiger partial charge in [-0.25, -0.2) is 9.97 Å². The standard InChI is InChI=1S/C17H11IN4O3S/c18-14-5-4-12(22(24)25)10-13(14)17(23)21-11-6-8-20-16(9-11)26-15-3-1-2-7-19-15/h1-10H,(H,20,21,23). The van der Waals surface area contributed by atoms with Crippen LogP contribution in [0.4, 0.5) is 11.4 Å². The number of non-ortho nitro benzene ring substituents is 1. The second kappa shape index (κ2) is 8.23. The van der Waals surface area contributed by atoms with Gasteiger partial charge in [0.15, 0.2) is 0 Å². The number of carbonyl (C=O) groups is 1. The van der Waals surface area contributed by atoms with E-state index in [9.17, 15) is 14.9 Å². The van der Waals surface area contributed by atoms with E-state index in [0.717, 1.165) is 5.03 Å². The molecule has 0 saturated carbocycles. The number of hydrogen-bond donors (Lipinski definition) is 1. The van der Waals surface area contributed by atoms with Crippen LogP contribution >= 0.6 is 34.4 Å². The van der Waals surface area contributed by atoms with Crippen LogP contribution in [0.1, 0.15) is 10.4 Å². The van der Waals surface area contributed by atoms with E-state index >= 15 is 0 Å². The fourth-order valence-electron chi connectivity index (χ4n) is 2.06. The molecule has 1 N–H and O–H groups in total. The van der Waals surface area contributed by atoms with Crippen LogP contribution in [0.3, 0.4) is 0 Å². The van der Waals surface area contributed by atoms with Gasteiger partial charge in [0.25, 0.3) is 11.6 Å². The molecule has 7 nitrogen and oxygen atoms in total. The summed E-state index contributed by atoms with van der Waals surface area (Å²) < 4.78 is 0.628. The van der Waals surface area contributed by atoms with Crippen LogP contribution in [0, 0.1) is 13.7 Å². The van der Waals surface area contributed by atoms with E-state index in [2.05, 4.69) is 15.3 Å². The lowest BCUT2D eigenvalue weighted by atomic mass is 10.2. The summed E-state index contributed by atoms with van der Waals surface area (Å²) >= 11 is 3.34. The first kappa shape index (κ1) is 18.3. The zero-order valence-electron chi connectivity index (χ0n) is 13.1. The Morgan fingerprint density at radius 3 is 2.62 bits per heavy atom. The first-order valence-electron chi connectivity index (χ1n) is 7.33. The van der Waals surface area contributed by atoms with Crippen molar-refractivity contribution in [3.05, 3.63) is 80.2 Å². The van der Waals surface area contributed by atoms with E-state index in [-0.39, 0.29) is 11.3 Å². The van der Waals surface area contributed by atoms with Crippen LogP contribution in [-0.4, -0.2) is 20.8 Å².